The Labute approximate surface area is 170 Å². The van der Waals surface area contributed by atoms with E-state index in [1.54, 1.807) is 0 Å². The molecular weight excluding hydrogens is 413 g/mol. The lowest BCUT2D eigenvalue weighted by Crippen LogP contribution is -2.31. The number of rotatable bonds is 4. The van der Waals surface area contributed by atoms with E-state index in [1.165, 1.54) is 47.7 Å². The largest absolute Gasteiger partial charge is 0.322 e. The first-order chi connectivity index (χ1) is 14.4. The van der Waals surface area contributed by atoms with Crippen molar-refractivity contribution in [1.29, 1.82) is 0 Å². The molecule has 0 atom stereocenters. The minimum absolute atomic E-state index is 0.0449. The predicted octanol–water partition coefficient (Wildman–Crippen LogP) is 1.97. The summed E-state index contributed by atoms with van der Waals surface area (Å²) in [7, 11) is -3.97. The molecule has 0 radical (unpaired) electrons. The van der Waals surface area contributed by atoms with Gasteiger partial charge in [0.2, 0.25) is 0 Å². The average Bonchev–Trinajstić information content (AvgIpc) is 3.33. The molecule has 2 aromatic carbocycles. The summed E-state index contributed by atoms with van der Waals surface area (Å²) in [5.74, 6) is -1.82. The van der Waals surface area contributed by atoms with E-state index in [4.69, 9.17) is 0 Å². The number of hydrogen-bond donors (Lipinski definition) is 1. The van der Waals surface area contributed by atoms with Crippen molar-refractivity contribution in [3.63, 3.8) is 0 Å². The molecule has 1 aliphatic carbocycles. The summed E-state index contributed by atoms with van der Waals surface area (Å²) >= 11 is 0. The van der Waals surface area contributed by atoms with Gasteiger partial charge in [-0.15, -0.1) is 0 Å². The minimum atomic E-state index is -3.97. The van der Waals surface area contributed by atoms with Crippen LogP contribution in [-0.2, 0) is 10.0 Å². The van der Waals surface area contributed by atoms with Gasteiger partial charge in [-0.05, 0) is 49.2 Å². The number of carbonyl (C=O) groups is 2. The van der Waals surface area contributed by atoms with Crippen LogP contribution >= 0.6 is 0 Å². The highest BCUT2D eigenvalue weighted by Crippen LogP contribution is 2.39. The number of anilines is 1. The molecule has 3 aromatic rings. The molecular formula is C19H14FN5O4S. The fourth-order valence-corrected chi connectivity index (χ4v) is 5.21. The van der Waals surface area contributed by atoms with E-state index in [2.05, 4.69) is 15.4 Å². The van der Waals surface area contributed by atoms with Crippen LogP contribution in [0.4, 0.5) is 10.1 Å². The van der Waals surface area contributed by atoms with Crippen molar-refractivity contribution in [2.24, 2.45) is 0 Å². The molecule has 152 valence electrons. The molecule has 0 bridgehead atoms. The topological polar surface area (TPSA) is 114 Å². The van der Waals surface area contributed by atoms with Gasteiger partial charge < -0.3 is 5.32 Å². The molecule has 1 aliphatic heterocycles. The molecule has 1 fully saturated rings. The number of benzene rings is 2. The first kappa shape index (κ1) is 18.4. The zero-order valence-electron chi connectivity index (χ0n) is 15.3. The monoisotopic (exact) mass is 427 g/mol. The molecule has 2 amide bonds. The summed E-state index contributed by atoms with van der Waals surface area (Å²) < 4.78 is 41.9. The van der Waals surface area contributed by atoms with Crippen LogP contribution in [0.5, 0.6) is 0 Å². The van der Waals surface area contributed by atoms with Crippen LogP contribution in [0.2, 0.25) is 0 Å². The zero-order chi connectivity index (χ0) is 21.0. The van der Waals surface area contributed by atoms with E-state index in [1.807, 2.05) is 0 Å². The number of sulfonamides is 1. The van der Waals surface area contributed by atoms with Crippen LogP contribution in [0.15, 0.2) is 53.9 Å². The number of nitrogens with one attached hydrogen (secondary N) is 1. The third kappa shape index (κ3) is 2.86. The highest BCUT2D eigenvalue weighted by Gasteiger charge is 2.48. The smallest absolute Gasteiger partial charge is 0.269 e. The maximum absolute atomic E-state index is 14.4. The minimum Gasteiger partial charge on any atom is -0.322 e. The Kier molecular flexibility index (Phi) is 3.97. The summed E-state index contributed by atoms with van der Waals surface area (Å²) in [5.41, 5.74) is 0.443. The maximum atomic E-state index is 14.4. The van der Waals surface area contributed by atoms with Crippen LogP contribution in [-0.4, -0.2) is 45.3 Å². The Hall–Kier alpha value is -3.60. The molecule has 0 spiro atoms. The van der Waals surface area contributed by atoms with Crippen molar-refractivity contribution in [3.05, 3.63) is 66.0 Å². The summed E-state index contributed by atoms with van der Waals surface area (Å²) in [6.07, 6.45) is 3.89. The van der Waals surface area contributed by atoms with Crippen molar-refractivity contribution >= 4 is 27.5 Å². The summed E-state index contributed by atoms with van der Waals surface area (Å²) in [5, 5.41) is 6.38. The molecule has 2 heterocycles. The van der Waals surface area contributed by atoms with E-state index in [-0.39, 0.29) is 33.4 Å². The number of halogens is 1. The number of nitrogens with zero attached hydrogens (tertiary/aromatic N) is 4. The zero-order valence-corrected chi connectivity index (χ0v) is 16.1. The number of hydrogen-bond acceptors (Lipinski definition) is 6. The van der Waals surface area contributed by atoms with Gasteiger partial charge >= 0.3 is 0 Å². The van der Waals surface area contributed by atoms with Gasteiger partial charge in [-0.1, -0.05) is 0 Å². The van der Waals surface area contributed by atoms with Crippen LogP contribution in [0, 0.1) is 5.82 Å². The number of aromatic nitrogens is 3. The quantitative estimate of drug-likeness (QED) is 0.681. The SMILES string of the molecule is O=C(Nc1ccc(-n2cncn2)c(F)c1)c1ccc2c(c1)S(=O)(=O)N(C1CC1)C2=O. The van der Waals surface area contributed by atoms with Crippen LogP contribution in [0.3, 0.4) is 0 Å². The molecule has 9 nitrogen and oxygen atoms in total. The van der Waals surface area contributed by atoms with Crippen LogP contribution in [0.1, 0.15) is 33.6 Å². The van der Waals surface area contributed by atoms with Crippen LogP contribution < -0.4 is 5.32 Å². The van der Waals surface area contributed by atoms with Gasteiger partial charge in [-0.3, -0.25) is 9.59 Å². The molecule has 1 N–H and O–H groups in total. The van der Waals surface area contributed by atoms with E-state index < -0.39 is 27.7 Å². The Morgan fingerprint density at radius 3 is 2.63 bits per heavy atom. The fraction of sp³-hybridized carbons (Fsp3) is 0.158. The molecule has 1 saturated carbocycles. The Morgan fingerprint density at radius 1 is 1.17 bits per heavy atom. The Balaban J connectivity index is 1.41. The van der Waals surface area contributed by atoms with Gasteiger partial charge in [-0.2, -0.15) is 5.10 Å². The van der Waals surface area contributed by atoms with Crippen molar-refractivity contribution in [3.8, 4) is 5.69 Å². The van der Waals surface area contributed by atoms with Gasteiger partial charge in [0.25, 0.3) is 21.8 Å². The summed E-state index contributed by atoms with van der Waals surface area (Å²) in [6, 6.07) is 7.62. The number of carbonyl (C=O) groups excluding carboxylic acids is 2. The molecule has 11 heteroatoms. The van der Waals surface area contributed by atoms with Crippen molar-refractivity contribution < 1.29 is 22.4 Å². The summed E-state index contributed by atoms with van der Waals surface area (Å²) in [6.45, 7) is 0. The standard InChI is InChI=1S/C19H14FN5O4S/c20-15-8-12(2-6-16(15)24-10-21-9-22-24)23-18(26)11-1-5-14-17(7-11)30(28,29)25(19(14)27)13-3-4-13/h1-2,5-10,13H,3-4H2,(H,23,26). The van der Waals surface area contributed by atoms with Gasteiger partial charge in [0.05, 0.1) is 5.56 Å². The fourth-order valence-electron chi connectivity index (χ4n) is 3.36. The molecule has 0 saturated heterocycles. The molecule has 5 rings (SSSR count). The predicted molar refractivity (Wildman–Crippen MR) is 102 cm³/mol. The van der Waals surface area contributed by atoms with Gasteiger partial charge in [0.1, 0.15) is 23.2 Å². The maximum Gasteiger partial charge on any atom is 0.269 e. The number of fused-ring (bicyclic) bond motifs is 1. The second-order valence-corrected chi connectivity index (χ2v) is 8.79. The first-order valence-electron chi connectivity index (χ1n) is 9.05. The van der Waals surface area contributed by atoms with Crippen molar-refractivity contribution in [2.45, 2.75) is 23.8 Å². The first-order valence-corrected chi connectivity index (χ1v) is 10.5. The number of amides is 2. The highest BCUT2D eigenvalue weighted by molar-refractivity contribution is 7.90. The molecule has 0 unspecified atom stereocenters. The van der Waals surface area contributed by atoms with Crippen LogP contribution in [0.25, 0.3) is 5.69 Å². The lowest BCUT2D eigenvalue weighted by molar-refractivity contribution is 0.0864. The third-order valence-electron chi connectivity index (χ3n) is 4.96. The van der Waals surface area contributed by atoms with Crippen molar-refractivity contribution in [1.82, 2.24) is 19.1 Å². The Morgan fingerprint density at radius 2 is 1.97 bits per heavy atom. The molecule has 30 heavy (non-hydrogen) atoms. The van der Waals surface area contributed by atoms with Gasteiger partial charge in [-0.25, -0.2) is 26.8 Å². The normalized spacial score (nSPS) is 17.1. The summed E-state index contributed by atoms with van der Waals surface area (Å²) in [4.78, 5) is 28.6. The lowest BCUT2D eigenvalue weighted by atomic mass is 10.1. The van der Waals surface area contributed by atoms with E-state index >= 15 is 0 Å². The van der Waals surface area contributed by atoms with E-state index in [0.29, 0.717) is 12.8 Å². The Bertz CT molecular complexity index is 1300. The van der Waals surface area contributed by atoms with Crippen molar-refractivity contribution in [2.75, 3.05) is 5.32 Å². The van der Waals surface area contributed by atoms with E-state index in [0.717, 1.165) is 10.4 Å². The lowest BCUT2D eigenvalue weighted by Gasteiger charge is -2.13. The molecule has 1 aromatic heterocycles. The second-order valence-electron chi connectivity index (χ2n) is 7.01. The molecule has 2 aliphatic rings. The third-order valence-corrected chi connectivity index (χ3v) is 6.84. The second kappa shape index (κ2) is 6.46. The van der Waals surface area contributed by atoms with E-state index in [9.17, 15) is 22.4 Å². The van der Waals surface area contributed by atoms with Gasteiger partial charge in [0, 0.05) is 17.3 Å². The highest BCUT2D eigenvalue weighted by atomic mass is 32.2. The average molecular weight is 427 g/mol. The van der Waals surface area contributed by atoms with Gasteiger partial charge in [0.15, 0.2) is 5.82 Å².